The molecular formula is C18H19ClN2O4. The first-order valence-corrected chi connectivity index (χ1v) is 8.56. The smallest absolute Gasteiger partial charge is 0.336 e. The van der Waals surface area contributed by atoms with E-state index in [1.807, 2.05) is 20.8 Å². The maximum absolute atomic E-state index is 12.8. The van der Waals surface area contributed by atoms with Crippen molar-refractivity contribution in [3.05, 3.63) is 44.8 Å². The molecule has 1 N–H and O–H groups in total. The number of aryl methyl sites for hydroxylation is 1. The number of carbonyl (C=O) groups is 2. The Morgan fingerprint density at radius 2 is 1.84 bits per heavy atom. The van der Waals surface area contributed by atoms with Crippen molar-refractivity contribution in [2.24, 2.45) is 0 Å². The molecule has 0 saturated carbocycles. The summed E-state index contributed by atoms with van der Waals surface area (Å²) in [5, 5.41) is 3.92. The fraction of sp³-hybridized carbons (Fsp3) is 0.389. The minimum atomic E-state index is -0.874. The second kappa shape index (κ2) is 6.19. The van der Waals surface area contributed by atoms with E-state index in [-0.39, 0.29) is 12.5 Å². The lowest BCUT2D eigenvalue weighted by atomic mass is 9.93. The number of amides is 3. The van der Waals surface area contributed by atoms with Crippen LogP contribution >= 0.6 is 11.6 Å². The van der Waals surface area contributed by atoms with Gasteiger partial charge >= 0.3 is 11.7 Å². The number of benzene rings is 1. The Hall–Kier alpha value is -2.34. The normalized spacial score (nSPS) is 16.6. The minimum absolute atomic E-state index is 0.00605. The van der Waals surface area contributed by atoms with Gasteiger partial charge in [-0.15, -0.1) is 0 Å². The fourth-order valence-corrected chi connectivity index (χ4v) is 3.36. The Morgan fingerprint density at radius 3 is 2.44 bits per heavy atom. The summed E-state index contributed by atoms with van der Waals surface area (Å²) >= 11 is 6.18. The summed E-state index contributed by atoms with van der Waals surface area (Å²) in [5.74, 6) is -0.276. The Bertz CT molecular complexity index is 931. The molecule has 0 bridgehead atoms. The van der Waals surface area contributed by atoms with Gasteiger partial charge in [-0.25, -0.2) is 9.59 Å². The van der Waals surface area contributed by atoms with E-state index < -0.39 is 17.2 Å². The van der Waals surface area contributed by atoms with Crippen LogP contribution in [0.4, 0.5) is 4.79 Å². The summed E-state index contributed by atoms with van der Waals surface area (Å²) in [6.07, 6.45) is 1.01. The number of imide groups is 1. The molecule has 1 saturated heterocycles. The highest BCUT2D eigenvalue weighted by Gasteiger charge is 2.48. The van der Waals surface area contributed by atoms with E-state index in [0.29, 0.717) is 34.4 Å². The number of rotatable bonds is 4. The largest absolute Gasteiger partial charge is 0.423 e. The first-order chi connectivity index (χ1) is 11.8. The van der Waals surface area contributed by atoms with Gasteiger partial charge in [-0.05, 0) is 43.0 Å². The highest BCUT2D eigenvalue weighted by molar-refractivity contribution is 6.32. The Balaban J connectivity index is 2.07. The number of halogens is 1. The van der Waals surface area contributed by atoms with Gasteiger partial charge in [0.2, 0.25) is 0 Å². The Kier molecular flexibility index (Phi) is 4.33. The second-order valence-corrected chi connectivity index (χ2v) is 6.71. The van der Waals surface area contributed by atoms with Crippen LogP contribution < -0.4 is 10.9 Å². The zero-order valence-corrected chi connectivity index (χ0v) is 15.1. The fourth-order valence-electron chi connectivity index (χ4n) is 3.20. The van der Waals surface area contributed by atoms with Crippen LogP contribution in [0.5, 0.6) is 0 Å². The number of nitrogens with one attached hydrogen (secondary N) is 1. The zero-order valence-electron chi connectivity index (χ0n) is 14.3. The van der Waals surface area contributed by atoms with Gasteiger partial charge in [0, 0.05) is 16.5 Å². The monoisotopic (exact) mass is 362 g/mol. The lowest BCUT2D eigenvalue weighted by Gasteiger charge is -2.23. The van der Waals surface area contributed by atoms with E-state index in [4.69, 9.17) is 16.0 Å². The Labute approximate surface area is 149 Å². The molecule has 1 aromatic heterocycles. The van der Waals surface area contributed by atoms with Crippen LogP contribution in [0.1, 0.15) is 37.8 Å². The zero-order chi connectivity index (χ0) is 18.4. The van der Waals surface area contributed by atoms with E-state index >= 15 is 0 Å². The van der Waals surface area contributed by atoms with Gasteiger partial charge in [-0.2, -0.15) is 0 Å². The second-order valence-electron chi connectivity index (χ2n) is 6.30. The predicted octanol–water partition coefficient (Wildman–Crippen LogP) is 3.37. The molecule has 25 heavy (non-hydrogen) atoms. The van der Waals surface area contributed by atoms with Crippen molar-refractivity contribution in [3.63, 3.8) is 0 Å². The van der Waals surface area contributed by atoms with Crippen LogP contribution in [0.3, 0.4) is 0 Å². The number of fused-ring (bicyclic) bond motifs is 1. The van der Waals surface area contributed by atoms with Crippen molar-refractivity contribution in [2.45, 2.75) is 45.7 Å². The number of carbonyl (C=O) groups excluding carboxylic acids is 2. The average molecular weight is 363 g/mol. The van der Waals surface area contributed by atoms with E-state index in [2.05, 4.69) is 5.32 Å². The molecule has 1 aliphatic rings. The third-order valence-electron chi connectivity index (χ3n) is 4.89. The van der Waals surface area contributed by atoms with Gasteiger partial charge < -0.3 is 9.73 Å². The molecule has 7 heteroatoms. The Morgan fingerprint density at radius 1 is 1.16 bits per heavy atom. The quantitative estimate of drug-likeness (QED) is 0.668. The molecule has 0 atom stereocenters. The minimum Gasteiger partial charge on any atom is -0.423 e. The van der Waals surface area contributed by atoms with Crippen molar-refractivity contribution >= 4 is 34.5 Å². The predicted molar refractivity (Wildman–Crippen MR) is 94.6 cm³/mol. The summed E-state index contributed by atoms with van der Waals surface area (Å²) in [4.78, 5) is 38.1. The molecule has 0 unspecified atom stereocenters. The van der Waals surface area contributed by atoms with Gasteiger partial charge in [0.15, 0.2) is 0 Å². The van der Waals surface area contributed by atoms with Crippen LogP contribution in [-0.2, 0) is 11.3 Å². The first kappa shape index (κ1) is 17.5. The molecule has 0 spiro atoms. The molecule has 1 aromatic carbocycles. The summed E-state index contributed by atoms with van der Waals surface area (Å²) in [7, 11) is 0. The molecule has 2 aromatic rings. The summed E-state index contributed by atoms with van der Waals surface area (Å²) in [5.41, 5.74) is 0.280. The number of hydrogen-bond donors (Lipinski definition) is 1. The lowest BCUT2D eigenvalue weighted by molar-refractivity contribution is -0.131. The van der Waals surface area contributed by atoms with Gasteiger partial charge in [-0.3, -0.25) is 9.69 Å². The maximum atomic E-state index is 12.8. The highest BCUT2D eigenvalue weighted by atomic mass is 35.5. The van der Waals surface area contributed by atoms with Crippen molar-refractivity contribution in [2.75, 3.05) is 0 Å². The van der Waals surface area contributed by atoms with Crippen molar-refractivity contribution < 1.29 is 14.0 Å². The van der Waals surface area contributed by atoms with Gasteiger partial charge in [0.05, 0.1) is 6.54 Å². The lowest BCUT2D eigenvalue weighted by Crippen LogP contribution is -2.45. The van der Waals surface area contributed by atoms with Crippen molar-refractivity contribution in [1.29, 1.82) is 0 Å². The van der Waals surface area contributed by atoms with E-state index in [0.717, 1.165) is 10.5 Å². The molecule has 132 valence electrons. The third kappa shape index (κ3) is 2.80. The van der Waals surface area contributed by atoms with Crippen LogP contribution in [0.2, 0.25) is 5.02 Å². The van der Waals surface area contributed by atoms with Crippen LogP contribution in [0, 0.1) is 6.92 Å². The number of hydrogen-bond acceptors (Lipinski definition) is 4. The van der Waals surface area contributed by atoms with Crippen LogP contribution in [-0.4, -0.2) is 22.4 Å². The van der Waals surface area contributed by atoms with Gasteiger partial charge in [-0.1, -0.05) is 25.4 Å². The first-order valence-electron chi connectivity index (χ1n) is 8.18. The highest BCUT2D eigenvalue weighted by Crippen LogP contribution is 2.29. The van der Waals surface area contributed by atoms with Crippen molar-refractivity contribution in [3.8, 4) is 0 Å². The SMILES string of the molecule is CCC1(CC)NC(=O)N(Cc2cc(=O)oc3cc(C)c(Cl)cc23)C1=O. The van der Waals surface area contributed by atoms with Gasteiger partial charge in [0.25, 0.3) is 5.91 Å². The van der Waals surface area contributed by atoms with Crippen molar-refractivity contribution in [1.82, 2.24) is 10.2 Å². The maximum Gasteiger partial charge on any atom is 0.336 e. The number of nitrogens with zero attached hydrogens (tertiary/aromatic N) is 1. The standard InChI is InChI=1S/C18H19ClN2O4/c1-4-18(5-2)16(23)21(17(24)20-18)9-11-7-15(22)25-14-6-10(3)13(19)8-12(11)14/h6-8H,4-5,9H2,1-3H3,(H,20,24). The third-order valence-corrected chi connectivity index (χ3v) is 5.30. The topological polar surface area (TPSA) is 79.6 Å². The van der Waals surface area contributed by atoms with E-state index in [9.17, 15) is 14.4 Å². The molecule has 2 heterocycles. The number of urea groups is 1. The molecule has 0 aliphatic carbocycles. The summed E-state index contributed by atoms with van der Waals surface area (Å²) in [6.45, 7) is 5.52. The van der Waals surface area contributed by atoms with E-state index in [1.165, 1.54) is 6.07 Å². The van der Waals surface area contributed by atoms with Crippen LogP contribution in [0.25, 0.3) is 11.0 Å². The van der Waals surface area contributed by atoms with Crippen LogP contribution in [0.15, 0.2) is 27.4 Å². The molecule has 6 nitrogen and oxygen atoms in total. The van der Waals surface area contributed by atoms with E-state index in [1.54, 1.807) is 12.1 Å². The molecule has 1 fully saturated rings. The average Bonchev–Trinajstić information content (AvgIpc) is 2.81. The molecule has 3 rings (SSSR count). The molecule has 0 radical (unpaired) electrons. The molecular weight excluding hydrogens is 344 g/mol. The van der Waals surface area contributed by atoms with Gasteiger partial charge in [0.1, 0.15) is 11.1 Å². The summed E-state index contributed by atoms with van der Waals surface area (Å²) in [6, 6.07) is 4.22. The summed E-state index contributed by atoms with van der Waals surface area (Å²) < 4.78 is 5.22. The molecule has 1 aliphatic heterocycles. The molecule has 3 amide bonds.